The van der Waals surface area contributed by atoms with E-state index in [0.717, 1.165) is 17.0 Å². The van der Waals surface area contributed by atoms with Crippen molar-refractivity contribution in [3.8, 4) is 11.6 Å². The van der Waals surface area contributed by atoms with Crippen molar-refractivity contribution in [1.29, 1.82) is 0 Å². The first-order valence-electron chi connectivity index (χ1n) is 7.04. The predicted molar refractivity (Wildman–Crippen MR) is 75.3 cm³/mol. The van der Waals surface area contributed by atoms with Crippen LogP contribution >= 0.6 is 0 Å². The molecule has 0 unspecified atom stereocenters. The zero-order valence-corrected chi connectivity index (χ0v) is 12.0. The summed E-state index contributed by atoms with van der Waals surface area (Å²) in [6.07, 6.45) is 0.568. The van der Waals surface area contributed by atoms with Gasteiger partial charge in [-0.05, 0) is 17.7 Å². The first kappa shape index (κ1) is 15.3. The van der Waals surface area contributed by atoms with Gasteiger partial charge in [0.15, 0.2) is 17.9 Å². The molecule has 4 nitrogen and oxygen atoms in total. The summed E-state index contributed by atoms with van der Waals surface area (Å²) in [5.74, 6) is -1.80. The lowest BCUT2D eigenvalue weighted by Gasteiger charge is -2.18. The number of alkyl halides is 1. The molecule has 0 aliphatic carbocycles. The summed E-state index contributed by atoms with van der Waals surface area (Å²) in [6, 6.07) is 6.04. The monoisotopic (exact) mass is 322 g/mol. The summed E-state index contributed by atoms with van der Waals surface area (Å²) in [5.41, 5.74) is 0.634. The van der Waals surface area contributed by atoms with Crippen LogP contribution < -0.4 is 4.74 Å². The number of pyridine rings is 1. The molecule has 7 heteroatoms. The molecule has 0 N–H and O–H groups in total. The maximum Gasteiger partial charge on any atom is 0.225 e. The van der Waals surface area contributed by atoms with Crippen LogP contribution in [0.15, 0.2) is 36.5 Å². The largest absolute Gasteiger partial charge is 0.436 e. The van der Waals surface area contributed by atoms with Crippen LogP contribution in [0.2, 0.25) is 0 Å². The Morgan fingerprint density at radius 3 is 2.70 bits per heavy atom. The second kappa shape index (κ2) is 6.28. The first-order valence-corrected chi connectivity index (χ1v) is 7.04. The van der Waals surface area contributed by atoms with Crippen molar-refractivity contribution in [3.63, 3.8) is 0 Å². The number of carbonyl (C=O) groups is 1. The highest BCUT2D eigenvalue weighted by Crippen LogP contribution is 2.25. The van der Waals surface area contributed by atoms with Crippen molar-refractivity contribution < 1.29 is 22.7 Å². The van der Waals surface area contributed by atoms with Crippen LogP contribution in [0.1, 0.15) is 18.4 Å². The average Bonchev–Trinajstić information content (AvgIpc) is 2.84. The molecule has 1 aromatic heterocycles. The third kappa shape index (κ3) is 3.44. The maximum absolute atomic E-state index is 13.6. The minimum atomic E-state index is -1.27. The molecule has 2 heterocycles. The van der Waals surface area contributed by atoms with E-state index < -0.39 is 17.9 Å². The van der Waals surface area contributed by atoms with Gasteiger partial charge in [0.05, 0.1) is 0 Å². The van der Waals surface area contributed by atoms with Crippen LogP contribution in [0.4, 0.5) is 13.2 Å². The van der Waals surface area contributed by atoms with Crippen LogP contribution in [0.25, 0.3) is 0 Å². The Hall–Kier alpha value is -2.57. The molecule has 23 heavy (non-hydrogen) atoms. The molecular weight excluding hydrogens is 309 g/mol. The highest BCUT2D eigenvalue weighted by Gasteiger charge is 2.30. The molecule has 1 aromatic carbocycles. The van der Waals surface area contributed by atoms with Gasteiger partial charge in [-0.15, -0.1) is 0 Å². The number of ether oxygens (including phenoxy) is 1. The fraction of sp³-hybridized carbons (Fsp3) is 0.250. The number of carbonyl (C=O) groups excluding carboxylic acids is 1. The molecule has 3 rings (SSSR count). The lowest BCUT2D eigenvalue weighted by molar-refractivity contribution is -0.131. The van der Waals surface area contributed by atoms with Gasteiger partial charge in [-0.25, -0.2) is 18.2 Å². The lowest BCUT2D eigenvalue weighted by Crippen LogP contribution is -2.29. The zero-order valence-electron chi connectivity index (χ0n) is 12.0. The molecule has 0 spiro atoms. The Bertz CT molecular complexity index is 722. The molecule has 0 bridgehead atoms. The van der Waals surface area contributed by atoms with Gasteiger partial charge in [-0.3, -0.25) is 4.79 Å². The topological polar surface area (TPSA) is 42.4 Å². The zero-order chi connectivity index (χ0) is 16.4. The van der Waals surface area contributed by atoms with Crippen LogP contribution in [0.5, 0.6) is 11.6 Å². The van der Waals surface area contributed by atoms with Crippen LogP contribution in [-0.2, 0) is 11.3 Å². The van der Waals surface area contributed by atoms with E-state index in [1.807, 2.05) is 0 Å². The van der Waals surface area contributed by atoms with E-state index in [1.165, 1.54) is 12.3 Å². The average molecular weight is 322 g/mol. The van der Waals surface area contributed by atoms with Gasteiger partial charge >= 0.3 is 0 Å². The van der Waals surface area contributed by atoms with E-state index in [2.05, 4.69) is 4.98 Å². The minimum Gasteiger partial charge on any atom is -0.436 e. The van der Waals surface area contributed by atoms with E-state index in [9.17, 15) is 18.0 Å². The molecule has 1 fully saturated rings. The summed E-state index contributed by atoms with van der Waals surface area (Å²) in [6.45, 7) is 0.123. The number of likely N-dealkylation sites (tertiary alicyclic amines) is 1. The number of aromatic nitrogens is 1. The van der Waals surface area contributed by atoms with Crippen molar-refractivity contribution in [1.82, 2.24) is 9.88 Å². The molecular formula is C16H13F3N2O2. The standard InChI is InChI=1S/C16H13F3N2O2/c17-11-2-3-13(12(18)7-11)23-15-5-1-10(8-20-15)9-21-14(19)4-6-16(21)22/h1-3,5,7-8,14H,4,6,9H2/t14-/m1/s1. The normalized spacial score (nSPS) is 17.6. The predicted octanol–water partition coefficient (Wildman–Crippen LogP) is 3.57. The molecule has 0 radical (unpaired) electrons. The van der Waals surface area contributed by atoms with Gasteiger partial charge in [0, 0.05) is 37.7 Å². The second-order valence-corrected chi connectivity index (χ2v) is 5.18. The Labute approximate surface area is 130 Å². The fourth-order valence-corrected chi connectivity index (χ4v) is 2.32. The van der Waals surface area contributed by atoms with Gasteiger partial charge in [-0.1, -0.05) is 6.07 Å². The molecule has 1 amide bonds. The van der Waals surface area contributed by atoms with Crippen molar-refractivity contribution in [3.05, 3.63) is 53.7 Å². The Morgan fingerprint density at radius 1 is 1.26 bits per heavy atom. The van der Waals surface area contributed by atoms with E-state index in [4.69, 9.17) is 4.74 Å². The van der Waals surface area contributed by atoms with Crippen molar-refractivity contribution >= 4 is 5.91 Å². The number of nitrogens with zero attached hydrogens (tertiary/aromatic N) is 2. The summed E-state index contributed by atoms with van der Waals surface area (Å²) in [7, 11) is 0. The number of amides is 1. The number of halogens is 3. The SMILES string of the molecule is O=C1CC[C@H](F)N1Cc1ccc(Oc2ccc(F)cc2F)nc1. The highest BCUT2D eigenvalue weighted by atomic mass is 19.1. The lowest BCUT2D eigenvalue weighted by atomic mass is 10.2. The highest BCUT2D eigenvalue weighted by molar-refractivity contribution is 5.78. The molecule has 120 valence electrons. The van der Waals surface area contributed by atoms with Gasteiger partial charge in [0.1, 0.15) is 5.82 Å². The molecule has 0 saturated carbocycles. The van der Waals surface area contributed by atoms with E-state index in [-0.39, 0.29) is 36.9 Å². The van der Waals surface area contributed by atoms with Crippen molar-refractivity contribution in [2.45, 2.75) is 25.7 Å². The van der Waals surface area contributed by atoms with E-state index >= 15 is 0 Å². The smallest absolute Gasteiger partial charge is 0.225 e. The van der Waals surface area contributed by atoms with Gasteiger partial charge < -0.3 is 9.64 Å². The number of hydrogen-bond donors (Lipinski definition) is 0. The fourth-order valence-electron chi connectivity index (χ4n) is 2.32. The van der Waals surface area contributed by atoms with Crippen LogP contribution in [0.3, 0.4) is 0 Å². The Balaban J connectivity index is 1.68. The van der Waals surface area contributed by atoms with Gasteiger partial charge in [0.2, 0.25) is 11.8 Å². The van der Waals surface area contributed by atoms with Crippen LogP contribution in [-0.4, -0.2) is 22.1 Å². The maximum atomic E-state index is 13.6. The molecule has 1 aliphatic heterocycles. The summed E-state index contributed by atoms with van der Waals surface area (Å²) in [4.78, 5) is 16.7. The van der Waals surface area contributed by atoms with Crippen LogP contribution in [0, 0.1) is 11.6 Å². The first-order chi connectivity index (χ1) is 11.0. The van der Waals surface area contributed by atoms with Gasteiger partial charge in [-0.2, -0.15) is 0 Å². The third-order valence-corrected chi connectivity index (χ3v) is 3.51. The third-order valence-electron chi connectivity index (χ3n) is 3.51. The molecule has 2 aromatic rings. The van der Waals surface area contributed by atoms with Crippen molar-refractivity contribution in [2.75, 3.05) is 0 Å². The summed E-state index contributed by atoms with van der Waals surface area (Å²) in [5, 5.41) is 0. The number of rotatable bonds is 4. The number of benzene rings is 1. The summed E-state index contributed by atoms with van der Waals surface area (Å²) >= 11 is 0. The minimum absolute atomic E-state index is 0.115. The second-order valence-electron chi connectivity index (χ2n) is 5.18. The van der Waals surface area contributed by atoms with Crippen molar-refractivity contribution in [2.24, 2.45) is 0 Å². The molecule has 1 saturated heterocycles. The Morgan fingerprint density at radius 2 is 2.09 bits per heavy atom. The molecule has 1 aliphatic rings. The number of hydrogen-bond acceptors (Lipinski definition) is 3. The quantitative estimate of drug-likeness (QED) is 0.808. The van der Waals surface area contributed by atoms with E-state index in [0.29, 0.717) is 11.6 Å². The Kier molecular flexibility index (Phi) is 4.18. The van der Waals surface area contributed by atoms with Gasteiger partial charge in [0.25, 0.3) is 0 Å². The molecule has 1 atom stereocenters. The summed E-state index contributed by atoms with van der Waals surface area (Å²) < 4.78 is 45.1. The van der Waals surface area contributed by atoms with E-state index in [1.54, 1.807) is 6.07 Å².